The van der Waals surface area contributed by atoms with Crippen molar-refractivity contribution in [2.75, 3.05) is 5.73 Å². The van der Waals surface area contributed by atoms with Gasteiger partial charge in [-0.25, -0.2) is 9.37 Å². The lowest BCUT2D eigenvalue weighted by atomic mass is 10.1. The third-order valence-electron chi connectivity index (χ3n) is 2.42. The summed E-state index contributed by atoms with van der Waals surface area (Å²) in [5.74, 6) is -0.424. The third kappa shape index (κ3) is 1.95. The highest BCUT2D eigenvalue weighted by molar-refractivity contribution is 6.31. The van der Waals surface area contributed by atoms with Crippen molar-refractivity contribution >= 4 is 28.2 Å². The first-order chi connectivity index (χ1) is 7.61. The number of hydrogen-bond acceptors (Lipinski definition) is 2. The molecule has 0 fully saturated rings. The number of aryl methyl sites for hydroxylation is 1. The van der Waals surface area contributed by atoms with E-state index in [0.29, 0.717) is 21.6 Å². The zero-order chi connectivity index (χ0) is 11.7. The number of nitrogens with zero attached hydrogens (tertiary/aromatic N) is 1. The molecule has 0 radical (unpaired) electrons. The van der Waals surface area contributed by atoms with Gasteiger partial charge in [0.1, 0.15) is 5.52 Å². The predicted octanol–water partition coefficient (Wildman–Crippen LogP) is 3.56. The van der Waals surface area contributed by atoms with Gasteiger partial charge in [-0.15, -0.1) is 0 Å². The van der Waals surface area contributed by atoms with Crippen LogP contribution in [0.15, 0.2) is 18.2 Å². The largest absolute Gasteiger partial charge is 0.398 e. The summed E-state index contributed by atoms with van der Waals surface area (Å²) in [5, 5.41) is 0.909. The number of hydrogen-bond donors (Lipinski definition) is 1. The molecule has 0 aliphatic carbocycles. The van der Waals surface area contributed by atoms with E-state index in [1.165, 1.54) is 6.07 Å². The van der Waals surface area contributed by atoms with Gasteiger partial charge in [-0.2, -0.15) is 0 Å². The molecule has 2 aromatic rings. The van der Waals surface area contributed by atoms with E-state index in [0.717, 1.165) is 18.5 Å². The highest BCUT2D eigenvalue weighted by Gasteiger charge is 2.09. The Bertz CT molecular complexity index is 540. The van der Waals surface area contributed by atoms with Crippen LogP contribution in [-0.4, -0.2) is 4.98 Å². The van der Waals surface area contributed by atoms with E-state index in [1.807, 2.05) is 6.92 Å². The minimum atomic E-state index is -0.424. The smallest absolute Gasteiger partial charge is 0.150 e. The number of nitrogen functional groups attached to an aromatic ring is 1. The van der Waals surface area contributed by atoms with Gasteiger partial charge < -0.3 is 5.73 Å². The van der Waals surface area contributed by atoms with E-state index in [1.54, 1.807) is 12.1 Å². The molecule has 1 aromatic carbocycles. The molecule has 0 aliphatic rings. The number of fused-ring (bicyclic) bond motifs is 1. The molecule has 0 spiro atoms. The van der Waals surface area contributed by atoms with Gasteiger partial charge in [-0.3, -0.25) is 0 Å². The van der Waals surface area contributed by atoms with Crippen LogP contribution in [0.25, 0.3) is 10.9 Å². The van der Waals surface area contributed by atoms with Gasteiger partial charge in [0.15, 0.2) is 5.82 Å². The third-order valence-corrected chi connectivity index (χ3v) is 2.64. The zero-order valence-corrected chi connectivity index (χ0v) is 9.68. The minimum Gasteiger partial charge on any atom is -0.398 e. The molecule has 0 amide bonds. The second kappa shape index (κ2) is 4.26. The van der Waals surface area contributed by atoms with Gasteiger partial charge in [0.2, 0.25) is 0 Å². The molecular formula is C12H12ClFN2. The van der Waals surface area contributed by atoms with Crippen molar-refractivity contribution in [3.8, 4) is 0 Å². The van der Waals surface area contributed by atoms with Gasteiger partial charge in [-0.05, 0) is 24.6 Å². The van der Waals surface area contributed by atoms with Crippen LogP contribution in [0.1, 0.15) is 19.0 Å². The van der Waals surface area contributed by atoms with Crippen molar-refractivity contribution in [3.63, 3.8) is 0 Å². The molecule has 0 unspecified atom stereocenters. The lowest BCUT2D eigenvalue weighted by Gasteiger charge is -2.06. The summed E-state index contributed by atoms with van der Waals surface area (Å²) in [6.07, 6.45) is 1.75. The van der Waals surface area contributed by atoms with Gasteiger partial charge in [0.25, 0.3) is 0 Å². The van der Waals surface area contributed by atoms with E-state index in [-0.39, 0.29) is 0 Å². The Balaban J connectivity index is 2.71. The Kier molecular flexibility index (Phi) is 2.97. The predicted molar refractivity (Wildman–Crippen MR) is 65.1 cm³/mol. The van der Waals surface area contributed by atoms with Crippen LogP contribution in [-0.2, 0) is 6.42 Å². The van der Waals surface area contributed by atoms with Gasteiger partial charge in [0.05, 0.1) is 0 Å². The fraction of sp³-hybridized carbons (Fsp3) is 0.250. The summed E-state index contributed by atoms with van der Waals surface area (Å²) in [7, 11) is 0. The van der Waals surface area contributed by atoms with Crippen LogP contribution in [0.2, 0.25) is 5.02 Å². The first kappa shape index (κ1) is 11.1. The number of rotatable bonds is 2. The number of nitrogens with two attached hydrogens (primary N) is 1. The SMILES string of the molecule is CCCc1cc(N)c2cc(Cl)cc(F)c2n1. The Morgan fingerprint density at radius 2 is 2.12 bits per heavy atom. The molecule has 4 heteroatoms. The standard InChI is InChI=1S/C12H12ClFN2/c1-2-3-8-6-11(15)9-4-7(13)5-10(14)12(9)16-8/h4-6H,2-3H2,1H3,(H2,15,16). The molecule has 2 N–H and O–H groups in total. The van der Waals surface area contributed by atoms with Crippen molar-refractivity contribution in [1.29, 1.82) is 0 Å². The van der Waals surface area contributed by atoms with Crippen molar-refractivity contribution in [2.24, 2.45) is 0 Å². The van der Waals surface area contributed by atoms with E-state index in [9.17, 15) is 4.39 Å². The summed E-state index contributed by atoms with van der Waals surface area (Å²) in [5.41, 5.74) is 7.50. The summed E-state index contributed by atoms with van der Waals surface area (Å²) >= 11 is 5.77. The Labute approximate surface area is 98.2 Å². The molecule has 16 heavy (non-hydrogen) atoms. The number of pyridine rings is 1. The highest BCUT2D eigenvalue weighted by atomic mass is 35.5. The van der Waals surface area contributed by atoms with Gasteiger partial charge >= 0.3 is 0 Å². The fourth-order valence-electron chi connectivity index (χ4n) is 1.72. The first-order valence-electron chi connectivity index (χ1n) is 5.16. The number of aromatic nitrogens is 1. The molecule has 2 nitrogen and oxygen atoms in total. The first-order valence-corrected chi connectivity index (χ1v) is 5.53. The van der Waals surface area contributed by atoms with Crippen molar-refractivity contribution in [1.82, 2.24) is 4.98 Å². The highest BCUT2D eigenvalue weighted by Crippen LogP contribution is 2.27. The van der Waals surface area contributed by atoms with E-state index in [4.69, 9.17) is 17.3 Å². The van der Waals surface area contributed by atoms with Crippen molar-refractivity contribution in [2.45, 2.75) is 19.8 Å². The summed E-state index contributed by atoms with van der Waals surface area (Å²) in [6, 6.07) is 4.67. The topological polar surface area (TPSA) is 38.9 Å². The quantitative estimate of drug-likeness (QED) is 0.869. The second-order valence-electron chi connectivity index (χ2n) is 3.74. The maximum absolute atomic E-state index is 13.6. The maximum Gasteiger partial charge on any atom is 0.150 e. The van der Waals surface area contributed by atoms with Crippen LogP contribution in [0.5, 0.6) is 0 Å². The molecule has 0 atom stereocenters. The Morgan fingerprint density at radius 1 is 1.38 bits per heavy atom. The number of anilines is 1. The van der Waals surface area contributed by atoms with Crippen LogP contribution < -0.4 is 5.73 Å². The van der Waals surface area contributed by atoms with Crippen LogP contribution in [0.4, 0.5) is 10.1 Å². The van der Waals surface area contributed by atoms with E-state index < -0.39 is 5.82 Å². The lowest BCUT2D eigenvalue weighted by molar-refractivity contribution is 0.636. The molecule has 0 saturated heterocycles. The monoisotopic (exact) mass is 238 g/mol. The molecule has 0 aliphatic heterocycles. The van der Waals surface area contributed by atoms with Crippen LogP contribution in [0, 0.1) is 5.82 Å². The van der Waals surface area contributed by atoms with E-state index >= 15 is 0 Å². The average molecular weight is 239 g/mol. The maximum atomic E-state index is 13.6. The molecule has 0 saturated carbocycles. The van der Waals surface area contributed by atoms with Crippen LogP contribution >= 0.6 is 11.6 Å². The Morgan fingerprint density at radius 3 is 2.81 bits per heavy atom. The molecule has 2 rings (SSSR count). The fourth-order valence-corrected chi connectivity index (χ4v) is 1.92. The number of benzene rings is 1. The molecular weight excluding hydrogens is 227 g/mol. The Hall–Kier alpha value is -1.35. The van der Waals surface area contributed by atoms with E-state index in [2.05, 4.69) is 4.98 Å². The normalized spacial score (nSPS) is 10.9. The average Bonchev–Trinajstić information content (AvgIpc) is 2.20. The molecule has 1 aromatic heterocycles. The number of halogens is 2. The van der Waals surface area contributed by atoms with Gasteiger partial charge in [-0.1, -0.05) is 24.9 Å². The summed E-state index contributed by atoms with van der Waals surface area (Å²) in [6.45, 7) is 2.04. The lowest BCUT2D eigenvalue weighted by Crippen LogP contribution is -1.97. The van der Waals surface area contributed by atoms with Gasteiger partial charge in [0, 0.05) is 21.8 Å². The molecule has 0 bridgehead atoms. The summed E-state index contributed by atoms with van der Waals surface area (Å²) < 4.78 is 13.6. The zero-order valence-electron chi connectivity index (χ0n) is 8.93. The minimum absolute atomic E-state index is 0.299. The molecule has 1 heterocycles. The van der Waals surface area contributed by atoms with Crippen molar-refractivity contribution in [3.05, 3.63) is 34.7 Å². The van der Waals surface area contributed by atoms with Crippen LogP contribution in [0.3, 0.4) is 0 Å². The molecule has 84 valence electrons. The second-order valence-corrected chi connectivity index (χ2v) is 4.17. The van der Waals surface area contributed by atoms with Crippen molar-refractivity contribution < 1.29 is 4.39 Å². The summed E-state index contributed by atoms with van der Waals surface area (Å²) in [4.78, 5) is 4.25.